The number of amides is 1. The number of nitrogens with one attached hydrogen (secondary N) is 3. The van der Waals surface area contributed by atoms with Gasteiger partial charge in [-0.2, -0.15) is 5.10 Å². The SMILES string of the molecule is CNc1ccncc1C(=O)NC(C)c1cn[nH]c1. The van der Waals surface area contributed by atoms with Crippen LogP contribution in [0.1, 0.15) is 28.9 Å². The van der Waals surface area contributed by atoms with Crippen LogP contribution < -0.4 is 10.6 Å². The standard InChI is InChI=1S/C12H15N5O/c1-8(9-5-15-16-6-9)17-12(18)10-7-14-4-3-11(10)13-2/h3-8H,1-2H3,(H,13,14)(H,15,16)(H,17,18). The smallest absolute Gasteiger partial charge is 0.255 e. The highest BCUT2D eigenvalue weighted by Gasteiger charge is 2.14. The summed E-state index contributed by atoms with van der Waals surface area (Å²) in [6.07, 6.45) is 6.63. The van der Waals surface area contributed by atoms with Crippen LogP contribution in [0.25, 0.3) is 0 Å². The fourth-order valence-electron chi connectivity index (χ4n) is 1.65. The van der Waals surface area contributed by atoms with Gasteiger partial charge < -0.3 is 10.6 Å². The molecule has 0 saturated carbocycles. The van der Waals surface area contributed by atoms with Crippen LogP contribution in [0.2, 0.25) is 0 Å². The minimum atomic E-state index is -0.166. The van der Waals surface area contributed by atoms with Crippen molar-refractivity contribution in [2.75, 3.05) is 12.4 Å². The summed E-state index contributed by atoms with van der Waals surface area (Å²) in [5.41, 5.74) is 2.20. The van der Waals surface area contributed by atoms with E-state index in [9.17, 15) is 4.79 Å². The maximum absolute atomic E-state index is 12.1. The quantitative estimate of drug-likeness (QED) is 0.759. The Morgan fingerprint density at radius 1 is 1.44 bits per heavy atom. The van der Waals surface area contributed by atoms with Crippen LogP contribution in [0.5, 0.6) is 0 Å². The third-order valence-electron chi connectivity index (χ3n) is 2.70. The van der Waals surface area contributed by atoms with Gasteiger partial charge in [-0.25, -0.2) is 0 Å². The topological polar surface area (TPSA) is 82.7 Å². The second kappa shape index (κ2) is 5.31. The van der Waals surface area contributed by atoms with Crippen LogP contribution in [-0.4, -0.2) is 28.1 Å². The molecular weight excluding hydrogens is 230 g/mol. The molecule has 6 nitrogen and oxygen atoms in total. The van der Waals surface area contributed by atoms with E-state index < -0.39 is 0 Å². The predicted octanol–water partition coefficient (Wildman–Crippen LogP) is 1.34. The molecule has 0 bridgehead atoms. The van der Waals surface area contributed by atoms with Crippen molar-refractivity contribution < 1.29 is 4.79 Å². The minimum Gasteiger partial charge on any atom is -0.387 e. The second-order valence-electron chi connectivity index (χ2n) is 3.90. The number of carbonyl (C=O) groups excluding carboxylic acids is 1. The van der Waals surface area contributed by atoms with Gasteiger partial charge in [-0.15, -0.1) is 0 Å². The molecule has 1 atom stereocenters. The first-order chi connectivity index (χ1) is 8.72. The molecule has 2 rings (SSSR count). The highest BCUT2D eigenvalue weighted by molar-refractivity contribution is 5.99. The number of hydrogen-bond donors (Lipinski definition) is 3. The monoisotopic (exact) mass is 245 g/mol. The molecule has 0 aromatic carbocycles. The van der Waals surface area contributed by atoms with Gasteiger partial charge in [-0.05, 0) is 13.0 Å². The van der Waals surface area contributed by atoms with Gasteiger partial charge in [0.1, 0.15) is 0 Å². The zero-order valence-corrected chi connectivity index (χ0v) is 10.3. The molecule has 1 unspecified atom stereocenters. The van der Waals surface area contributed by atoms with Crippen molar-refractivity contribution in [1.82, 2.24) is 20.5 Å². The summed E-state index contributed by atoms with van der Waals surface area (Å²) in [7, 11) is 1.77. The Balaban J connectivity index is 2.12. The number of aromatic nitrogens is 3. The Hall–Kier alpha value is -2.37. The lowest BCUT2D eigenvalue weighted by atomic mass is 10.1. The fourth-order valence-corrected chi connectivity index (χ4v) is 1.65. The maximum atomic E-state index is 12.1. The molecule has 0 aliphatic heterocycles. The predicted molar refractivity (Wildman–Crippen MR) is 68.3 cm³/mol. The zero-order valence-electron chi connectivity index (χ0n) is 10.3. The molecule has 0 saturated heterocycles. The van der Waals surface area contributed by atoms with Crippen molar-refractivity contribution in [1.29, 1.82) is 0 Å². The number of pyridine rings is 1. The Kier molecular flexibility index (Phi) is 3.57. The Morgan fingerprint density at radius 3 is 2.94 bits per heavy atom. The molecule has 6 heteroatoms. The molecule has 2 aromatic rings. The van der Waals surface area contributed by atoms with E-state index in [0.717, 1.165) is 11.3 Å². The molecule has 18 heavy (non-hydrogen) atoms. The van der Waals surface area contributed by atoms with Gasteiger partial charge in [0.15, 0.2) is 0 Å². The van der Waals surface area contributed by atoms with Gasteiger partial charge in [0, 0.05) is 36.9 Å². The lowest BCUT2D eigenvalue weighted by Gasteiger charge is -2.13. The molecule has 2 heterocycles. The van der Waals surface area contributed by atoms with Gasteiger partial charge >= 0.3 is 0 Å². The molecule has 1 amide bonds. The first-order valence-corrected chi connectivity index (χ1v) is 5.63. The van der Waals surface area contributed by atoms with Crippen molar-refractivity contribution in [3.05, 3.63) is 42.0 Å². The Labute approximate surface area is 105 Å². The van der Waals surface area contributed by atoms with E-state index in [1.807, 2.05) is 6.92 Å². The molecule has 94 valence electrons. The summed E-state index contributed by atoms with van der Waals surface area (Å²) in [4.78, 5) is 16.1. The lowest BCUT2D eigenvalue weighted by Crippen LogP contribution is -2.27. The van der Waals surface area contributed by atoms with Gasteiger partial charge in [-0.1, -0.05) is 0 Å². The molecule has 0 fully saturated rings. The van der Waals surface area contributed by atoms with Crippen molar-refractivity contribution in [2.24, 2.45) is 0 Å². The summed E-state index contributed by atoms with van der Waals surface area (Å²) in [6, 6.07) is 1.65. The van der Waals surface area contributed by atoms with Gasteiger partial charge in [-0.3, -0.25) is 14.9 Å². The summed E-state index contributed by atoms with van der Waals surface area (Å²) >= 11 is 0. The van der Waals surface area contributed by atoms with Crippen LogP contribution in [0.4, 0.5) is 5.69 Å². The highest BCUT2D eigenvalue weighted by Crippen LogP contribution is 2.15. The first-order valence-electron chi connectivity index (χ1n) is 5.63. The van der Waals surface area contributed by atoms with Crippen molar-refractivity contribution >= 4 is 11.6 Å². The molecular formula is C12H15N5O. The molecule has 0 spiro atoms. The van der Waals surface area contributed by atoms with E-state index in [4.69, 9.17) is 0 Å². The number of nitrogens with zero attached hydrogens (tertiary/aromatic N) is 2. The van der Waals surface area contributed by atoms with Crippen LogP contribution >= 0.6 is 0 Å². The third kappa shape index (κ3) is 2.48. The largest absolute Gasteiger partial charge is 0.387 e. The molecule has 0 aliphatic carbocycles. The zero-order chi connectivity index (χ0) is 13.0. The van der Waals surface area contributed by atoms with Crippen LogP contribution in [0.15, 0.2) is 30.9 Å². The second-order valence-corrected chi connectivity index (χ2v) is 3.90. The summed E-state index contributed by atoms with van der Waals surface area (Å²) in [5.74, 6) is -0.166. The van der Waals surface area contributed by atoms with E-state index in [0.29, 0.717) is 5.56 Å². The van der Waals surface area contributed by atoms with Crippen LogP contribution in [0, 0.1) is 0 Å². The van der Waals surface area contributed by atoms with E-state index in [2.05, 4.69) is 25.8 Å². The van der Waals surface area contributed by atoms with Gasteiger partial charge in [0.05, 0.1) is 17.8 Å². The van der Waals surface area contributed by atoms with Gasteiger partial charge in [0.25, 0.3) is 5.91 Å². The van der Waals surface area contributed by atoms with Crippen molar-refractivity contribution in [3.8, 4) is 0 Å². The summed E-state index contributed by atoms with van der Waals surface area (Å²) in [5, 5.41) is 12.4. The van der Waals surface area contributed by atoms with Gasteiger partial charge in [0.2, 0.25) is 0 Å². The average Bonchev–Trinajstić information content (AvgIpc) is 2.92. The van der Waals surface area contributed by atoms with E-state index in [-0.39, 0.29) is 11.9 Å². The number of anilines is 1. The van der Waals surface area contributed by atoms with Crippen molar-refractivity contribution in [2.45, 2.75) is 13.0 Å². The third-order valence-corrected chi connectivity index (χ3v) is 2.70. The molecule has 0 aliphatic rings. The summed E-state index contributed by atoms with van der Waals surface area (Å²) < 4.78 is 0. The number of aromatic amines is 1. The average molecular weight is 245 g/mol. The van der Waals surface area contributed by atoms with Crippen LogP contribution in [0.3, 0.4) is 0 Å². The number of rotatable bonds is 4. The highest BCUT2D eigenvalue weighted by atomic mass is 16.1. The van der Waals surface area contributed by atoms with E-state index in [1.165, 1.54) is 0 Å². The van der Waals surface area contributed by atoms with E-state index in [1.54, 1.807) is 37.9 Å². The molecule has 0 radical (unpaired) electrons. The van der Waals surface area contributed by atoms with Crippen molar-refractivity contribution in [3.63, 3.8) is 0 Å². The maximum Gasteiger partial charge on any atom is 0.255 e. The number of carbonyl (C=O) groups is 1. The number of H-pyrrole nitrogens is 1. The fraction of sp³-hybridized carbons (Fsp3) is 0.250. The Bertz CT molecular complexity index is 523. The normalized spacial score (nSPS) is 11.9. The van der Waals surface area contributed by atoms with E-state index >= 15 is 0 Å². The molecule has 3 N–H and O–H groups in total. The number of hydrogen-bond acceptors (Lipinski definition) is 4. The lowest BCUT2D eigenvalue weighted by molar-refractivity contribution is 0.0940. The molecule has 2 aromatic heterocycles. The van der Waals surface area contributed by atoms with Crippen LogP contribution in [-0.2, 0) is 0 Å². The Morgan fingerprint density at radius 2 is 2.28 bits per heavy atom. The summed E-state index contributed by atoms with van der Waals surface area (Å²) in [6.45, 7) is 1.90. The first kappa shape index (κ1) is 12.1. The minimum absolute atomic E-state index is 0.110.